The second-order valence-corrected chi connectivity index (χ2v) is 5.90. The van der Waals surface area contributed by atoms with E-state index in [2.05, 4.69) is 10.3 Å². The number of aromatic nitrogens is 1. The average Bonchev–Trinajstić information content (AvgIpc) is 2.93. The number of carbonyl (C=O) groups is 2. The summed E-state index contributed by atoms with van der Waals surface area (Å²) in [6.45, 7) is 5.59. The van der Waals surface area contributed by atoms with Crippen LogP contribution in [0.25, 0.3) is 11.5 Å². The molecule has 0 fully saturated rings. The zero-order valence-electron chi connectivity index (χ0n) is 14.2. The highest BCUT2D eigenvalue weighted by molar-refractivity contribution is 5.87. The zero-order valence-corrected chi connectivity index (χ0v) is 14.2. The minimum Gasteiger partial charge on any atom is -0.441 e. The zero-order chi connectivity index (χ0) is 17.7. The van der Waals surface area contributed by atoms with Crippen molar-refractivity contribution in [1.82, 2.24) is 10.3 Å². The quantitative estimate of drug-likeness (QED) is 0.813. The van der Waals surface area contributed by atoms with Crippen molar-refractivity contribution in [2.75, 3.05) is 0 Å². The molecule has 6 nitrogen and oxygen atoms in total. The molecule has 0 spiro atoms. The van der Waals surface area contributed by atoms with Gasteiger partial charge >= 0.3 is 0 Å². The third kappa shape index (κ3) is 4.22. The number of nitrogens with one attached hydrogen (secondary N) is 1. The molecule has 1 heterocycles. The summed E-state index contributed by atoms with van der Waals surface area (Å²) < 4.78 is 5.64. The van der Waals surface area contributed by atoms with Crippen LogP contribution in [0.5, 0.6) is 0 Å². The largest absolute Gasteiger partial charge is 0.441 e. The summed E-state index contributed by atoms with van der Waals surface area (Å²) in [6.07, 6.45) is 0.789. The maximum Gasteiger partial charge on any atom is 0.240 e. The van der Waals surface area contributed by atoms with E-state index in [0.29, 0.717) is 17.3 Å². The van der Waals surface area contributed by atoms with E-state index in [0.717, 1.165) is 12.0 Å². The smallest absolute Gasteiger partial charge is 0.240 e. The molecule has 3 N–H and O–H groups in total. The van der Waals surface area contributed by atoms with Gasteiger partial charge in [-0.3, -0.25) is 9.59 Å². The fraction of sp³-hybridized carbons (Fsp3) is 0.389. The number of primary amides is 1. The van der Waals surface area contributed by atoms with Gasteiger partial charge in [0.15, 0.2) is 0 Å². The van der Waals surface area contributed by atoms with Crippen molar-refractivity contribution in [2.24, 2.45) is 11.7 Å². The van der Waals surface area contributed by atoms with Crippen molar-refractivity contribution < 1.29 is 14.0 Å². The molecule has 2 rings (SSSR count). The highest BCUT2D eigenvalue weighted by atomic mass is 16.4. The molecule has 0 aliphatic rings. The van der Waals surface area contributed by atoms with Gasteiger partial charge < -0.3 is 15.5 Å². The van der Waals surface area contributed by atoms with Crippen LogP contribution in [-0.2, 0) is 16.0 Å². The monoisotopic (exact) mass is 329 g/mol. The Hall–Kier alpha value is -2.63. The highest BCUT2D eigenvalue weighted by Crippen LogP contribution is 2.21. The van der Waals surface area contributed by atoms with E-state index in [-0.39, 0.29) is 18.2 Å². The number of amides is 2. The normalized spacial score (nSPS) is 13.3. The van der Waals surface area contributed by atoms with Gasteiger partial charge in [-0.05, 0) is 25.0 Å². The van der Waals surface area contributed by atoms with Crippen molar-refractivity contribution in [3.63, 3.8) is 0 Å². The molecule has 1 aromatic heterocycles. The molecular weight excluding hydrogens is 306 g/mol. The van der Waals surface area contributed by atoms with E-state index < -0.39 is 11.9 Å². The van der Waals surface area contributed by atoms with Gasteiger partial charge in [0.25, 0.3) is 0 Å². The van der Waals surface area contributed by atoms with Crippen molar-refractivity contribution in [1.29, 1.82) is 0 Å². The number of nitrogens with two attached hydrogens (primary N) is 1. The Bertz CT molecular complexity index is 710. The van der Waals surface area contributed by atoms with E-state index in [1.807, 2.05) is 44.2 Å². The summed E-state index contributed by atoms with van der Waals surface area (Å²) in [5.74, 6) is 0.215. The molecule has 2 amide bonds. The second kappa shape index (κ2) is 7.77. The Labute approximate surface area is 141 Å². The van der Waals surface area contributed by atoms with E-state index in [1.54, 1.807) is 6.92 Å². The molecule has 24 heavy (non-hydrogen) atoms. The van der Waals surface area contributed by atoms with E-state index in [4.69, 9.17) is 10.2 Å². The Kier molecular flexibility index (Phi) is 5.73. The number of rotatable bonds is 7. The number of hydrogen-bond donors (Lipinski definition) is 2. The van der Waals surface area contributed by atoms with Crippen LogP contribution in [0.2, 0.25) is 0 Å². The van der Waals surface area contributed by atoms with Gasteiger partial charge in [0.1, 0.15) is 11.8 Å². The summed E-state index contributed by atoms with van der Waals surface area (Å²) in [5.41, 5.74) is 6.78. The maximum atomic E-state index is 12.2. The minimum absolute atomic E-state index is 0.0234. The SMILES string of the molecule is CCC(C)C(NC(=O)Cc1nc(-c2ccccc2)oc1C)C(N)=O. The summed E-state index contributed by atoms with van der Waals surface area (Å²) in [5, 5.41) is 2.70. The van der Waals surface area contributed by atoms with Crippen molar-refractivity contribution in [2.45, 2.75) is 39.7 Å². The van der Waals surface area contributed by atoms with E-state index in [1.165, 1.54) is 0 Å². The highest BCUT2D eigenvalue weighted by Gasteiger charge is 2.24. The van der Waals surface area contributed by atoms with Crippen LogP contribution in [0.15, 0.2) is 34.7 Å². The lowest BCUT2D eigenvalue weighted by molar-refractivity contribution is -0.128. The summed E-state index contributed by atoms with van der Waals surface area (Å²) in [4.78, 5) is 28.2. The standard InChI is InChI=1S/C18H23N3O3/c1-4-11(2)16(17(19)23)21-15(22)10-14-12(3)24-18(20-14)13-8-6-5-7-9-13/h5-9,11,16H,4,10H2,1-3H3,(H2,19,23)(H,21,22). The van der Waals surface area contributed by atoms with Crippen LogP contribution in [0.1, 0.15) is 31.7 Å². The molecule has 2 unspecified atom stereocenters. The predicted octanol–water partition coefficient (Wildman–Crippen LogP) is 2.21. The fourth-order valence-electron chi connectivity index (χ4n) is 2.40. The molecule has 128 valence electrons. The fourth-order valence-corrected chi connectivity index (χ4v) is 2.40. The van der Waals surface area contributed by atoms with Crippen molar-refractivity contribution in [3.8, 4) is 11.5 Å². The number of carbonyl (C=O) groups excluding carboxylic acids is 2. The molecule has 6 heteroatoms. The van der Waals surface area contributed by atoms with Crippen LogP contribution >= 0.6 is 0 Å². The lowest BCUT2D eigenvalue weighted by atomic mass is 9.98. The summed E-state index contributed by atoms with van der Waals surface area (Å²) >= 11 is 0. The topological polar surface area (TPSA) is 98.2 Å². The average molecular weight is 329 g/mol. The van der Waals surface area contributed by atoms with Crippen LogP contribution in [0, 0.1) is 12.8 Å². The molecule has 0 radical (unpaired) electrons. The van der Waals surface area contributed by atoms with Crippen LogP contribution in [-0.4, -0.2) is 22.8 Å². The lowest BCUT2D eigenvalue weighted by Gasteiger charge is -2.20. The first-order valence-electron chi connectivity index (χ1n) is 8.02. The minimum atomic E-state index is -0.677. The van der Waals surface area contributed by atoms with Crippen molar-refractivity contribution in [3.05, 3.63) is 41.8 Å². The van der Waals surface area contributed by atoms with E-state index in [9.17, 15) is 9.59 Å². The van der Waals surface area contributed by atoms with Crippen LogP contribution < -0.4 is 11.1 Å². The Morgan fingerprint density at radius 2 is 1.96 bits per heavy atom. The van der Waals surface area contributed by atoms with Gasteiger partial charge in [-0.15, -0.1) is 0 Å². The molecule has 2 atom stereocenters. The molecule has 0 aliphatic carbocycles. The predicted molar refractivity (Wildman–Crippen MR) is 91.0 cm³/mol. The summed E-state index contributed by atoms with van der Waals surface area (Å²) in [6, 6.07) is 8.80. The molecule has 0 saturated heterocycles. The number of hydrogen-bond acceptors (Lipinski definition) is 4. The first-order valence-corrected chi connectivity index (χ1v) is 8.02. The number of nitrogens with zero attached hydrogens (tertiary/aromatic N) is 1. The molecule has 1 aromatic carbocycles. The van der Waals surface area contributed by atoms with Gasteiger partial charge in [0.2, 0.25) is 17.7 Å². The third-order valence-electron chi connectivity index (χ3n) is 4.08. The van der Waals surface area contributed by atoms with Gasteiger partial charge in [-0.1, -0.05) is 38.5 Å². The third-order valence-corrected chi connectivity index (χ3v) is 4.08. The Balaban J connectivity index is 2.09. The van der Waals surface area contributed by atoms with Gasteiger partial charge in [-0.25, -0.2) is 4.98 Å². The molecule has 0 aliphatic heterocycles. The van der Waals surface area contributed by atoms with Crippen molar-refractivity contribution >= 4 is 11.8 Å². The van der Waals surface area contributed by atoms with Gasteiger partial charge in [0.05, 0.1) is 12.1 Å². The molecular formula is C18H23N3O3. The Morgan fingerprint density at radius 3 is 2.54 bits per heavy atom. The first kappa shape index (κ1) is 17.7. The molecule has 0 saturated carbocycles. The number of benzene rings is 1. The molecule has 2 aromatic rings. The number of oxazole rings is 1. The van der Waals surface area contributed by atoms with Gasteiger partial charge in [0, 0.05) is 5.56 Å². The maximum absolute atomic E-state index is 12.2. The van der Waals surface area contributed by atoms with Gasteiger partial charge in [-0.2, -0.15) is 0 Å². The molecule has 0 bridgehead atoms. The van der Waals surface area contributed by atoms with Crippen LogP contribution in [0.3, 0.4) is 0 Å². The Morgan fingerprint density at radius 1 is 1.29 bits per heavy atom. The second-order valence-electron chi connectivity index (χ2n) is 5.90. The van der Waals surface area contributed by atoms with Crippen LogP contribution in [0.4, 0.5) is 0 Å². The summed E-state index contributed by atoms with van der Waals surface area (Å²) in [7, 11) is 0. The lowest BCUT2D eigenvalue weighted by Crippen LogP contribution is -2.48. The first-order chi connectivity index (χ1) is 11.4. The number of aryl methyl sites for hydroxylation is 1. The van der Waals surface area contributed by atoms with E-state index >= 15 is 0 Å².